The van der Waals surface area contributed by atoms with Crippen molar-refractivity contribution < 1.29 is 9.53 Å². The van der Waals surface area contributed by atoms with Gasteiger partial charge in [-0.05, 0) is 19.1 Å². The van der Waals surface area contributed by atoms with Crippen molar-refractivity contribution in [2.75, 3.05) is 19.8 Å². The molecule has 1 aromatic rings. The molecule has 4 heteroatoms. The van der Waals surface area contributed by atoms with Gasteiger partial charge in [0.15, 0.2) is 0 Å². The first-order chi connectivity index (χ1) is 7.70. The molecule has 0 atom stereocenters. The summed E-state index contributed by atoms with van der Waals surface area (Å²) in [5.41, 5.74) is 1.39. The standard InChI is InChI=1S/C12H16N2O2/c1-10(2)9-16-8-7-14-12(15)11-5-3-4-6-13-11/h3-6H,1,7-9H2,2H3,(H,14,15). The summed E-state index contributed by atoms with van der Waals surface area (Å²) in [4.78, 5) is 15.4. The molecule has 0 radical (unpaired) electrons. The minimum absolute atomic E-state index is 0.181. The zero-order chi connectivity index (χ0) is 11.8. The van der Waals surface area contributed by atoms with Crippen LogP contribution in [0, 0.1) is 0 Å². The van der Waals surface area contributed by atoms with Crippen LogP contribution in [-0.2, 0) is 4.74 Å². The molecule has 0 fully saturated rings. The molecule has 0 aliphatic rings. The Balaban J connectivity index is 2.19. The minimum Gasteiger partial charge on any atom is -0.375 e. The first kappa shape index (κ1) is 12.4. The highest BCUT2D eigenvalue weighted by atomic mass is 16.5. The van der Waals surface area contributed by atoms with E-state index in [1.54, 1.807) is 24.4 Å². The van der Waals surface area contributed by atoms with Gasteiger partial charge < -0.3 is 10.1 Å². The molecular weight excluding hydrogens is 204 g/mol. The van der Waals surface area contributed by atoms with Gasteiger partial charge in [-0.1, -0.05) is 18.2 Å². The lowest BCUT2D eigenvalue weighted by molar-refractivity contribution is 0.0922. The van der Waals surface area contributed by atoms with E-state index >= 15 is 0 Å². The normalized spacial score (nSPS) is 9.81. The van der Waals surface area contributed by atoms with Crippen LogP contribution in [-0.4, -0.2) is 30.6 Å². The number of pyridine rings is 1. The Morgan fingerprint density at radius 2 is 2.38 bits per heavy atom. The Hall–Kier alpha value is -1.68. The maximum absolute atomic E-state index is 11.5. The van der Waals surface area contributed by atoms with E-state index in [4.69, 9.17) is 4.74 Å². The number of aromatic nitrogens is 1. The minimum atomic E-state index is -0.181. The number of amides is 1. The molecular formula is C12H16N2O2. The molecule has 0 unspecified atom stereocenters. The van der Waals surface area contributed by atoms with Crippen LogP contribution in [0.25, 0.3) is 0 Å². The van der Waals surface area contributed by atoms with Crippen LogP contribution in [0.5, 0.6) is 0 Å². The number of nitrogens with one attached hydrogen (secondary N) is 1. The second-order valence-corrected chi connectivity index (χ2v) is 3.48. The van der Waals surface area contributed by atoms with Gasteiger partial charge in [0.1, 0.15) is 5.69 Å². The van der Waals surface area contributed by atoms with Gasteiger partial charge in [-0.15, -0.1) is 0 Å². The average molecular weight is 220 g/mol. The predicted octanol–water partition coefficient (Wildman–Crippen LogP) is 1.40. The molecule has 86 valence electrons. The van der Waals surface area contributed by atoms with E-state index in [1.165, 1.54) is 0 Å². The van der Waals surface area contributed by atoms with Gasteiger partial charge in [0.05, 0.1) is 13.2 Å². The summed E-state index contributed by atoms with van der Waals surface area (Å²) < 4.78 is 5.25. The summed E-state index contributed by atoms with van der Waals surface area (Å²) in [5, 5.41) is 2.72. The zero-order valence-corrected chi connectivity index (χ0v) is 9.40. The number of rotatable bonds is 6. The van der Waals surface area contributed by atoms with E-state index in [2.05, 4.69) is 16.9 Å². The third-order valence-electron chi connectivity index (χ3n) is 1.78. The molecule has 16 heavy (non-hydrogen) atoms. The van der Waals surface area contributed by atoms with E-state index in [1.807, 2.05) is 6.92 Å². The van der Waals surface area contributed by atoms with Gasteiger partial charge in [-0.3, -0.25) is 9.78 Å². The molecule has 4 nitrogen and oxygen atoms in total. The van der Waals surface area contributed by atoms with E-state index in [0.29, 0.717) is 25.5 Å². The molecule has 0 aliphatic heterocycles. The van der Waals surface area contributed by atoms with Crippen LogP contribution in [0.4, 0.5) is 0 Å². The maximum Gasteiger partial charge on any atom is 0.269 e. The monoisotopic (exact) mass is 220 g/mol. The Labute approximate surface area is 95.3 Å². The quantitative estimate of drug-likeness (QED) is 0.582. The second-order valence-electron chi connectivity index (χ2n) is 3.48. The van der Waals surface area contributed by atoms with Crippen LogP contribution in [0.15, 0.2) is 36.5 Å². The van der Waals surface area contributed by atoms with E-state index in [9.17, 15) is 4.79 Å². The number of nitrogens with zero attached hydrogens (tertiary/aromatic N) is 1. The molecule has 0 saturated heterocycles. The first-order valence-corrected chi connectivity index (χ1v) is 5.11. The number of carbonyl (C=O) groups is 1. The average Bonchev–Trinajstić information content (AvgIpc) is 2.29. The molecule has 1 rings (SSSR count). The highest BCUT2D eigenvalue weighted by molar-refractivity contribution is 5.92. The largest absolute Gasteiger partial charge is 0.375 e. The SMILES string of the molecule is C=C(C)COCCNC(=O)c1ccccn1. The van der Waals surface area contributed by atoms with Crippen molar-refractivity contribution in [3.8, 4) is 0 Å². The fraction of sp³-hybridized carbons (Fsp3) is 0.333. The number of ether oxygens (including phenoxy) is 1. The summed E-state index contributed by atoms with van der Waals surface area (Å²) in [6.45, 7) is 7.09. The molecule has 0 aromatic carbocycles. The van der Waals surface area contributed by atoms with Crippen LogP contribution < -0.4 is 5.32 Å². The first-order valence-electron chi connectivity index (χ1n) is 5.11. The Morgan fingerprint density at radius 3 is 3.00 bits per heavy atom. The molecule has 0 saturated carbocycles. The lowest BCUT2D eigenvalue weighted by Crippen LogP contribution is -2.28. The van der Waals surface area contributed by atoms with Gasteiger partial charge in [-0.25, -0.2) is 0 Å². The van der Waals surface area contributed by atoms with Crippen LogP contribution in [0.1, 0.15) is 17.4 Å². The maximum atomic E-state index is 11.5. The Morgan fingerprint density at radius 1 is 1.56 bits per heavy atom. The lowest BCUT2D eigenvalue weighted by Gasteiger charge is -2.05. The van der Waals surface area contributed by atoms with Gasteiger partial charge in [0.2, 0.25) is 0 Å². The third kappa shape index (κ3) is 4.70. The summed E-state index contributed by atoms with van der Waals surface area (Å²) in [7, 11) is 0. The third-order valence-corrected chi connectivity index (χ3v) is 1.78. The van der Waals surface area contributed by atoms with Gasteiger partial charge in [-0.2, -0.15) is 0 Å². The summed E-state index contributed by atoms with van der Waals surface area (Å²) in [6, 6.07) is 5.22. The lowest BCUT2D eigenvalue weighted by atomic mass is 10.3. The number of carbonyl (C=O) groups excluding carboxylic acids is 1. The van der Waals surface area contributed by atoms with Crippen LogP contribution in [0.2, 0.25) is 0 Å². The summed E-state index contributed by atoms with van der Waals surface area (Å²) in [5.74, 6) is -0.181. The van der Waals surface area contributed by atoms with E-state index < -0.39 is 0 Å². The van der Waals surface area contributed by atoms with E-state index in [0.717, 1.165) is 5.57 Å². The van der Waals surface area contributed by atoms with Gasteiger partial charge in [0, 0.05) is 12.7 Å². The van der Waals surface area contributed by atoms with Crippen molar-refractivity contribution in [2.45, 2.75) is 6.92 Å². The fourth-order valence-electron chi connectivity index (χ4n) is 1.07. The molecule has 1 aromatic heterocycles. The molecule has 0 spiro atoms. The fourth-order valence-corrected chi connectivity index (χ4v) is 1.07. The highest BCUT2D eigenvalue weighted by Crippen LogP contribution is 1.92. The Kier molecular flexibility index (Phi) is 5.22. The van der Waals surface area contributed by atoms with Crippen molar-refractivity contribution >= 4 is 5.91 Å². The van der Waals surface area contributed by atoms with Crippen LogP contribution >= 0.6 is 0 Å². The van der Waals surface area contributed by atoms with Crippen molar-refractivity contribution in [1.29, 1.82) is 0 Å². The molecule has 1 amide bonds. The number of hydrogen-bond donors (Lipinski definition) is 1. The highest BCUT2D eigenvalue weighted by Gasteiger charge is 2.04. The van der Waals surface area contributed by atoms with Crippen LogP contribution in [0.3, 0.4) is 0 Å². The molecule has 0 aliphatic carbocycles. The van der Waals surface area contributed by atoms with Crippen molar-refractivity contribution in [1.82, 2.24) is 10.3 Å². The zero-order valence-electron chi connectivity index (χ0n) is 9.40. The van der Waals surface area contributed by atoms with E-state index in [-0.39, 0.29) is 5.91 Å². The number of hydrogen-bond acceptors (Lipinski definition) is 3. The van der Waals surface area contributed by atoms with Gasteiger partial charge >= 0.3 is 0 Å². The van der Waals surface area contributed by atoms with Crippen molar-refractivity contribution in [3.05, 3.63) is 42.2 Å². The summed E-state index contributed by atoms with van der Waals surface area (Å²) in [6.07, 6.45) is 1.59. The van der Waals surface area contributed by atoms with Crippen molar-refractivity contribution in [2.24, 2.45) is 0 Å². The second kappa shape index (κ2) is 6.74. The topological polar surface area (TPSA) is 51.2 Å². The molecule has 1 heterocycles. The smallest absolute Gasteiger partial charge is 0.269 e. The molecule has 1 N–H and O–H groups in total. The molecule has 0 bridgehead atoms. The predicted molar refractivity (Wildman–Crippen MR) is 62.2 cm³/mol. The Bertz CT molecular complexity index is 349. The van der Waals surface area contributed by atoms with Gasteiger partial charge in [0.25, 0.3) is 5.91 Å². The summed E-state index contributed by atoms with van der Waals surface area (Å²) >= 11 is 0. The van der Waals surface area contributed by atoms with Crippen molar-refractivity contribution in [3.63, 3.8) is 0 Å².